The minimum atomic E-state index is 0.0945. The van der Waals surface area contributed by atoms with Crippen LogP contribution in [0.15, 0.2) is 28.7 Å². The summed E-state index contributed by atoms with van der Waals surface area (Å²) >= 11 is 0. The lowest BCUT2D eigenvalue weighted by molar-refractivity contribution is 0.0879. The number of fused-ring (bicyclic) bond motifs is 1. The van der Waals surface area contributed by atoms with Gasteiger partial charge in [-0.2, -0.15) is 0 Å². The van der Waals surface area contributed by atoms with Gasteiger partial charge in [-0.05, 0) is 20.0 Å². The number of nitrogens with one attached hydrogen (secondary N) is 1. The van der Waals surface area contributed by atoms with E-state index in [0.29, 0.717) is 6.54 Å². The molecule has 3 rings (SSSR count). The summed E-state index contributed by atoms with van der Waals surface area (Å²) in [5.74, 6) is 0.952. The van der Waals surface area contributed by atoms with Gasteiger partial charge in [-0.15, -0.1) is 0 Å². The monoisotopic (exact) mass is 288 g/mol. The maximum absolute atomic E-state index is 6.03. The molecule has 2 aromatic rings. The molecule has 21 heavy (non-hydrogen) atoms. The van der Waals surface area contributed by atoms with E-state index in [1.807, 2.05) is 25.1 Å². The van der Waals surface area contributed by atoms with E-state index in [9.17, 15) is 0 Å². The quantitative estimate of drug-likeness (QED) is 0.893. The molecule has 1 aliphatic rings. The molecule has 0 amide bonds. The highest BCUT2D eigenvalue weighted by molar-refractivity contribution is 5.82. The SMILES string of the molecule is Cc1oc2ccccc2c1C(CN)NN1CCN(C)CC1. The summed E-state index contributed by atoms with van der Waals surface area (Å²) in [5, 5.41) is 3.44. The predicted molar refractivity (Wildman–Crippen MR) is 85.0 cm³/mol. The van der Waals surface area contributed by atoms with Crippen LogP contribution in [0.25, 0.3) is 11.0 Å². The first-order valence-corrected chi connectivity index (χ1v) is 7.57. The second-order valence-corrected chi connectivity index (χ2v) is 5.78. The average Bonchev–Trinajstić information content (AvgIpc) is 2.83. The maximum Gasteiger partial charge on any atom is 0.134 e. The third-order valence-electron chi connectivity index (χ3n) is 4.25. The predicted octanol–water partition coefficient (Wildman–Crippen LogP) is 1.49. The van der Waals surface area contributed by atoms with Crippen molar-refractivity contribution in [1.82, 2.24) is 15.3 Å². The summed E-state index contributed by atoms with van der Waals surface area (Å²) in [4.78, 5) is 2.34. The van der Waals surface area contributed by atoms with Crippen LogP contribution in [0.2, 0.25) is 0 Å². The van der Waals surface area contributed by atoms with Crippen molar-refractivity contribution in [2.24, 2.45) is 5.73 Å². The summed E-state index contributed by atoms with van der Waals surface area (Å²) in [6, 6.07) is 8.26. The molecule has 1 saturated heterocycles. The van der Waals surface area contributed by atoms with Crippen LogP contribution in [0.4, 0.5) is 0 Å². The number of para-hydroxylation sites is 1. The third-order valence-corrected chi connectivity index (χ3v) is 4.25. The Morgan fingerprint density at radius 3 is 2.67 bits per heavy atom. The first-order chi connectivity index (χ1) is 10.2. The summed E-state index contributed by atoms with van der Waals surface area (Å²) in [6.07, 6.45) is 0. The van der Waals surface area contributed by atoms with E-state index in [4.69, 9.17) is 10.2 Å². The average molecular weight is 288 g/mol. The first-order valence-electron chi connectivity index (χ1n) is 7.57. The molecule has 0 saturated carbocycles. The van der Waals surface area contributed by atoms with Gasteiger partial charge in [0.1, 0.15) is 11.3 Å². The van der Waals surface area contributed by atoms with Crippen LogP contribution in [0.3, 0.4) is 0 Å². The van der Waals surface area contributed by atoms with E-state index < -0.39 is 0 Å². The highest BCUT2D eigenvalue weighted by Crippen LogP contribution is 2.30. The maximum atomic E-state index is 6.03. The van der Waals surface area contributed by atoms with E-state index in [2.05, 4.69) is 28.4 Å². The lowest BCUT2D eigenvalue weighted by Gasteiger charge is -2.35. The molecule has 1 aliphatic heterocycles. The van der Waals surface area contributed by atoms with Crippen LogP contribution in [0.1, 0.15) is 17.4 Å². The topological polar surface area (TPSA) is 57.7 Å². The number of benzene rings is 1. The highest BCUT2D eigenvalue weighted by atomic mass is 16.3. The van der Waals surface area contributed by atoms with Crippen LogP contribution in [-0.4, -0.2) is 49.7 Å². The Hall–Kier alpha value is -1.40. The molecule has 0 spiro atoms. The van der Waals surface area contributed by atoms with Crippen molar-refractivity contribution >= 4 is 11.0 Å². The first kappa shape index (κ1) is 14.5. The van der Waals surface area contributed by atoms with E-state index >= 15 is 0 Å². The minimum Gasteiger partial charge on any atom is -0.461 e. The van der Waals surface area contributed by atoms with Crippen LogP contribution < -0.4 is 11.2 Å². The van der Waals surface area contributed by atoms with E-state index in [1.54, 1.807) is 0 Å². The van der Waals surface area contributed by atoms with Gasteiger partial charge < -0.3 is 15.1 Å². The van der Waals surface area contributed by atoms with Gasteiger partial charge in [0.15, 0.2) is 0 Å². The lowest BCUT2D eigenvalue weighted by Crippen LogP contribution is -2.52. The van der Waals surface area contributed by atoms with Crippen molar-refractivity contribution in [2.45, 2.75) is 13.0 Å². The summed E-state index contributed by atoms with van der Waals surface area (Å²) in [5.41, 5.74) is 11.7. The van der Waals surface area contributed by atoms with Gasteiger partial charge in [-0.3, -0.25) is 0 Å². The van der Waals surface area contributed by atoms with E-state index in [1.165, 1.54) is 5.56 Å². The molecule has 0 aliphatic carbocycles. The Bertz CT molecular complexity index is 601. The zero-order chi connectivity index (χ0) is 14.8. The van der Waals surface area contributed by atoms with Crippen molar-refractivity contribution in [1.29, 1.82) is 0 Å². The standard InChI is InChI=1S/C16H24N4O/c1-12-16(13-5-3-4-6-15(13)21-12)14(11-17)18-20-9-7-19(2)8-10-20/h3-6,14,18H,7-11,17H2,1-2H3. The second kappa shape index (κ2) is 6.15. The molecule has 1 aromatic heterocycles. The van der Waals surface area contributed by atoms with Crippen molar-refractivity contribution in [2.75, 3.05) is 39.8 Å². The van der Waals surface area contributed by atoms with Crippen LogP contribution in [-0.2, 0) is 0 Å². The lowest BCUT2D eigenvalue weighted by atomic mass is 10.0. The summed E-state index contributed by atoms with van der Waals surface area (Å²) in [6.45, 7) is 6.76. The molecular weight excluding hydrogens is 264 g/mol. The Balaban J connectivity index is 1.83. The summed E-state index contributed by atoms with van der Waals surface area (Å²) in [7, 11) is 2.16. The molecular formula is C16H24N4O. The molecule has 3 N–H and O–H groups in total. The molecule has 5 heteroatoms. The number of likely N-dealkylation sites (N-methyl/N-ethyl adjacent to an activating group) is 1. The molecule has 114 valence electrons. The molecule has 0 radical (unpaired) electrons. The fourth-order valence-corrected chi connectivity index (χ4v) is 3.01. The smallest absolute Gasteiger partial charge is 0.134 e. The van der Waals surface area contributed by atoms with Crippen molar-refractivity contribution in [3.63, 3.8) is 0 Å². The van der Waals surface area contributed by atoms with Crippen LogP contribution in [0.5, 0.6) is 0 Å². The Morgan fingerprint density at radius 1 is 1.24 bits per heavy atom. The molecule has 1 aromatic carbocycles. The molecule has 1 atom stereocenters. The normalized spacial score (nSPS) is 19.2. The van der Waals surface area contributed by atoms with Crippen molar-refractivity contribution in [3.05, 3.63) is 35.6 Å². The molecule has 1 fully saturated rings. The zero-order valence-corrected chi connectivity index (χ0v) is 12.8. The van der Waals surface area contributed by atoms with Gasteiger partial charge in [0.25, 0.3) is 0 Å². The Labute approximate surface area is 125 Å². The number of piperazine rings is 1. The number of rotatable bonds is 4. The minimum absolute atomic E-state index is 0.0945. The fourth-order valence-electron chi connectivity index (χ4n) is 3.01. The Kier molecular flexibility index (Phi) is 4.26. The number of hydrogen-bond donors (Lipinski definition) is 2. The number of nitrogens with zero attached hydrogens (tertiary/aromatic N) is 2. The number of hydrogen-bond acceptors (Lipinski definition) is 5. The molecule has 2 heterocycles. The van der Waals surface area contributed by atoms with Crippen molar-refractivity contribution in [3.8, 4) is 0 Å². The van der Waals surface area contributed by atoms with Gasteiger partial charge in [0.2, 0.25) is 0 Å². The molecule has 0 bridgehead atoms. The van der Waals surface area contributed by atoms with E-state index in [0.717, 1.165) is 42.9 Å². The van der Waals surface area contributed by atoms with Gasteiger partial charge in [0, 0.05) is 43.7 Å². The molecule has 1 unspecified atom stereocenters. The summed E-state index contributed by atoms with van der Waals surface area (Å²) < 4.78 is 5.87. The van der Waals surface area contributed by atoms with Crippen molar-refractivity contribution < 1.29 is 4.42 Å². The van der Waals surface area contributed by atoms with E-state index in [-0.39, 0.29) is 6.04 Å². The fraction of sp³-hybridized carbons (Fsp3) is 0.500. The largest absolute Gasteiger partial charge is 0.461 e. The zero-order valence-electron chi connectivity index (χ0n) is 12.8. The van der Waals surface area contributed by atoms with Gasteiger partial charge >= 0.3 is 0 Å². The number of nitrogens with two attached hydrogens (primary N) is 1. The van der Waals surface area contributed by atoms with Gasteiger partial charge in [0.05, 0.1) is 6.04 Å². The second-order valence-electron chi connectivity index (χ2n) is 5.78. The highest BCUT2D eigenvalue weighted by Gasteiger charge is 2.23. The van der Waals surface area contributed by atoms with Crippen LogP contribution in [0, 0.1) is 6.92 Å². The Morgan fingerprint density at radius 2 is 1.95 bits per heavy atom. The number of aryl methyl sites for hydroxylation is 1. The third kappa shape index (κ3) is 2.96. The number of furan rings is 1. The molecule has 5 nitrogen and oxygen atoms in total. The van der Waals surface area contributed by atoms with Gasteiger partial charge in [-0.1, -0.05) is 18.2 Å². The van der Waals surface area contributed by atoms with Gasteiger partial charge in [-0.25, -0.2) is 10.4 Å². The number of hydrazine groups is 1. The van der Waals surface area contributed by atoms with Crippen LogP contribution >= 0.6 is 0 Å².